The van der Waals surface area contributed by atoms with Crippen molar-refractivity contribution in [2.75, 3.05) is 19.6 Å². The van der Waals surface area contributed by atoms with E-state index in [1.165, 1.54) is 0 Å². The van der Waals surface area contributed by atoms with E-state index in [1.807, 2.05) is 72.8 Å². The Kier molecular flexibility index (Phi) is 6.17. The minimum atomic E-state index is -3.50. The second kappa shape index (κ2) is 8.76. The lowest BCUT2D eigenvalue weighted by molar-refractivity contribution is 0.578. The lowest BCUT2D eigenvalue weighted by Crippen LogP contribution is -2.31. The molecule has 0 saturated heterocycles. The van der Waals surface area contributed by atoms with Gasteiger partial charge in [-0.3, -0.25) is 0 Å². The van der Waals surface area contributed by atoms with E-state index in [9.17, 15) is 8.42 Å². The normalized spacial score (nSPS) is 12.0. The van der Waals surface area contributed by atoms with Gasteiger partial charge >= 0.3 is 0 Å². The SMILES string of the molecule is O=S(=O)(NCCNCC=Cc1ccccc1)c1ccc2ccccc2c1. The molecule has 5 heteroatoms. The molecule has 0 saturated carbocycles. The molecule has 134 valence electrons. The van der Waals surface area contributed by atoms with Crippen LogP contribution in [0.1, 0.15) is 5.56 Å². The van der Waals surface area contributed by atoms with Crippen LogP contribution in [-0.2, 0) is 10.0 Å². The number of benzene rings is 3. The zero-order valence-electron chi connectivity index (χ0n) is 14.4. The molecule has 3 aromatic carbocycles. The summed E-state index contributed by atoms with van der Waals surface area (Å²) in [7, 11) is -3.50. The van der Waals surface area contributed by atoms with Crippen molar-refractivity contribution < 1.29 is 8.42 Å². The van der Waals surface area contributed by atoms with Crippen LogP contribution < -0.4 is 10.0 Å². The van der Waals surface area contributed by atoms with Crippen molar-refractivity contribution >= 4 is 26.9 Å². The highest BCUT2D eigenvalue weighted by atomic mass is 32.2. The van der Waals surface area contributed by atoms with E-state index in [0.29, 0.717) is 24.5 Å². The first-order chi connectivity index (χ1) is 12.6. The highest BCUT2D eigenvalue weighted by Crippen LogP contribution is 2.18. The monoisotopic (exact) mass is 366 g/mol. The molecule has 0 aromatic heterocycles. The average molecular weight is 366 g/mol. The van der Waals surface area contributed by atoms with Gasteiger partial charge in [-0.25, -0.2) is 13.1 Å². The maximum atomic E-state index is 12.4. The van der Waals surface area contributed by atoms with Crippen molar-refractivity contribution in [3.8, 4) is 0 Å². The van der Waals surface area contributed by atoms with E-state index in [0.717, 1.165) is 16.3 Å². The molecule has 0 heterocycles. The molecule has 0 aliphatic rings. The summed E-state index contributed by atoms with van der Waals surface area (Å²) in [4.78, 5) is 0.292. The number of nitrogens with one attached hydrogen (secondary N) is 2. The van der Waals surface area contributed by atoms with Gasteiger partial charge in [0.05, 0.1) is 4.90 Å². The minimum Gasteiger partial charge on any atom is -0.312 e. The molecule has 0 unspecified atom stereocenters. The molecule has 2 N–H and O–H groups in total. The van der Waals surface area contributed by atoms with Crippen molar-refractivity contribution in [2.24, 2.45) is 0 Å². The van der Waals surface area contributed by atoms with Crippen molar-refractivity contribution in [1.82, 2.24) is 10.0 Å². The first kappa shape index (κ1) is 18.3. The van der Waals surface area contributed by atoms with Gasteiger partial charge in [0.2, 0.25) is 10.0 Å². The van der Waals surface area contributed by atoms with Crippen LogP contribution in [0.25, 0.3) is 16.8 Å². The predicted octanol–water partition coefficient (Wildman–Crippen LogP) is 3.42. The van der Waals surface area contributed by atoms with Gasteiger partial charge in [0.15, 0.2) is 0 Å². The lowest BCUT2D eigenvalue weighted by Gasteiger charge is -2.08. The Morgan fingerprint density at radius 2 is 1.54 bits per heavy atom. The largest absolute Gasteiger partial charge is 0.312 e. The summed E-state index contributed by atoms with van der Waals surface area (Å²) in [6, 6.07) is 22.9. The van der Waals surface area contributed by atoms with Crippen LogP contribution in [-0.4, -0.2) is 28.1 Å². The maximum absolute atomic E-state index is 12.4. The third-order valence-corrected chi connectivity index (χ3v) is 5.46. The Morgan fingerprint density at radius 3 is 2.35 bits per heavy atom. The molecule has 0 amide bonds. The highest BCUT2D eigenvalue weighted by molar-refractivity contribution is 7.89. The van der Waals surface area contributed by atoms with Crippen LogP contribution in [0.4, 0.5) is 0 Å². The van der Waals surface area contributed by atoms with Gasteiger partial charge < -0.3 is 5.32 Å². The first-order valence-corrected chi connectivity index (χ1v) is 10.0. The summed E-state index contributed by atoms with van der Waals surface area (Å²) in [6.07, 6.45) is 4.05. The summed E-state index contributed by atoms with van der Waals surface area (Å²) < 4.78 is 27.4. The molecule has 0 bridgehead atoms. The van der Waals surface area contributed by atoms with E-state index in [2.05, 4.69) is 10.0 Å². The molecule has 0 radical (unpaired) electrons. The number of sulfonamides is 1. The zero-order chi connectivity index (χ0) is 18.2. The fourth-order valence-electron chi connectivity index (χ4n) is 2.64. The van der Waals surface area contributed by atoms with Gasteiger partial charge in [-0.15, -0.1) is 0 Å². The number of fused-ring (bicyclic) bond motifs is 1. The Hall–Kier alpha value is -2.47. The maximum Gasteiger partial charge on any atom is 0.240 e. The van der Waals surface area contributed by atoms with Gasteiger partial charge in [-0.2, -0.15) is 0 Å². The van der Waals surface area contributed by atoms with Crippen LogP contribution in [0.15, 0.2) is 83.8 Å². The van der Waals surface area contributed by atoms with Crippen LogP contribution >= 0.6 is 0 Å². The van der Waals surface area contributed by atoms with Gasteiger partial charge in [0.25, 0.3) is 0 Å². The number of hydrogen-bond acceptors (Lipinski definition) is 3. The summed E-state index contributed by atoms with van der Waals surface area (Å²) >= 11 is 0. The van der Waals surface area contributed by atoms with Gasteiger partial charge in [-0.05, 0) is 28.5 Å². The first-order valence-electron chi connectivity index (χ1n) is 8.56. The molecule has 3 rings (SSSR count). The Bertz CT molecular complexity index is 983. The molecular formula is C21H22N2O2S. The van der Waals surface area contributed by atoms with E-state index in [-0.39, 0.29) is 0 Å². The predicted molar refractivity (Wildman–Crippen MR) is 107 cm³/mol. The van der Waals surface area contributed by atoms with E-state index >= 15 is 0 Å². The average Bonchev–Trinajstić information content (AvgIpc) is 2.67. The number of rotatable bonds is 8. The summed E-state index contributed by atoms with van der Waals surface area (Å²) in [5.41, 5.74) is 1.14. The van der Waals surface area contributed by atoms with Crippen molar-refractivity contribution in [3.05, 3.63) is 84.4 Å². The van der Waals surface area contributed by atoms with Crippen molar-refractivity contribution in [2.45, 2.75) is 4.90 Å². The zero-order valence-corrected chi connectivity index (χ0v) is 15.2. The van der Waals surface area contributed by atoms with Crippen LogP contribution in [0, 0.1) is 0 Å². The summed E-state index contributed by atoms with van der Waals surface area (Å²) in [6.45, 7) is 1.59. The quantitative estimate of drug-likeness (QED) is 0.601. The second-order valence-electron chi connectivity index (χ2n) is 5.92. The van der Waals surface area contributed by atoms with E-state index < -0.39 is 10.0 Å². The van der Waals surface area contributed by atoms with Gasteiger partial charge in [0.1, 0.15) is 0 Å². The third-order valence-electron chi connectivity index (χ3n) is 4.00. The van der Waals surface area contributed by atoms with Crippen LogP contribution in [0.3, 0.4) is 0 Å². The standard InChI is InChI=1S/C21H22N2O2S/c24-26(25,21-13-12-19-10-4-5-11-20(19)17-21)23-16-15-22-14-6-9-18-7-2-1-3-8-18/h1-13,17,22-23H,14-16H2. The topological polar surface area (TPSA) is 58.2 Å². The summed E-state index contributed by atoms with van der Waals surface area (Å²) in [5, 5.41) is 5.14. The van der Waals surface area contributed by atoms with Gasteiger partial charge in [-0.1, -0.05) is 72.8 Å². The van der Waals surface area contributed by atoms with E-state index in [1.54, 1.807) is 12.1 Å². The molecule has 0 aliphatic carbocycles. The summed E-state index contributed by atoms with van der Waals surface area (Å²) in [5.74, 6) is 0. The van der Waals surface area contributed by atoms with Crippen LogP contribution in [0.2, 0.25) is 0 Å². The minimum absolute atomic E-state index is 0.292. The molecular weight excluding hydrogens is 344 g/mol. The van der Waals surface area contributed by atoms with E-state index in [4.69, 9.17) is 0 Å². The second-order valence-corrected chi connectivity index (χ2v) is 7.69. The third kappa shape index (κ3) is 5.02. The molecule has 0 spiro atoms. The fraction of sp³-hybridized carbons (Fsp3) is 0.143. The highest BCUT2D eigenvalue weighted by Gasteiger charge is 2.13. The van der Waals surface area contributed by atoms with Gasteiger partial charge in [0, 0.05) is 19.6 Å². The molecule has 0 atom stereocenters. The van der Waals surface area contributed by atoms with Crippen molar-refractivity contribution in [3.63, 3.8) is 0 Å². The Labute approximate surface area is 154 Å². The lowest BCUT2D eigenvalue weighted by atomic mass is 10.1. The Balaban J connectivity index is 1.46. The molecule has 0 fully saturated rings. The molecule has 0 aliphatic heterocycles. The fourth-order valence-corrected chi connectivity index (χ4v) is 3.70. The van der Waals surface area contributed by atoms with Crippen LogP contribution in [0.5, 0.6) is 0 Å². The Morgan fingerprint density at radius 1 is 0.808 bits per heavy atom. The number of hydrogen-bond donors (Lipinski definition) is 2. The molecule has 26 heavy (non-hydrogen) atoms. The molecule has 4 nitrogen and oxygen atoms in total. The van der Waals surface area contributed by atoms with Crippen molar-refractivity contribution in [1.29, 1.82) is 0 Å². The molecule has 3 aromatic rings. The smallest absolute Gasteiger partial charge is 0.240 e.